The van der Waals surface area contributed by atoms with E-state index in [0.717, 1.165) is 36.1 Å². The number of aliphatic carboxylic acids is 1. The number of thiophene rings is 2. The molecule has 3 rings (SSSR count). The van der Waals surface area contributed by atoms with Gasteiger partial charge in [0.1, 0.15) is 0 Å². The molecule has 0 unspecified atom stereocenters. The second-order valence-corrected chi connectivity index (χ2v) is 6.66. The average Bonchev–Trinajstić information content (AvgIpc) is 3.17. The lowest BCUT2D eigenvalue weighted by molar-refractivity contribution is -0.130. The highest BCUT2D eigenvalue weighted by molar-refractivity contribution is 7.17. The number of hydrogen-bond acceptors (Lipinski definition) is 5. The van der Waals surface area contributed by atoms with E-state index in [1.54, 1.807) is 17.4 Å². The molecule has 3 heterocycles. The molecule has 0 radical (unpaired) electrons. The maximum absolute atomic E-state index is 11.4. The van der Waals surface area contributed by atoms with Crippen LogP contribution in [0.1, 0.15) is 9.75 Å². The van der Waals surface area contributed by atoms with Crippen molar-refractivity contribution in [2.45, 2.75) is 0 Å². The molecular formula is C15H15NO3S2. The summed E-state index contributed by atoms with van der Waals surface area (Å²) in [6.07, 6.45) is 1.75. The summed E-state index contributed by atoms with van der Waals surface area (Å²) >= 11 is 3.06. The van der Waals surface area contributed by atoms with Gasteiger partial charge in [0.25, 0.3) is 0 Å². The van der Waals surface area contributed by atoms with Gasteiger partial charge in [-0.25, -0.2) is 4.79 Å². The predicted molar refractivity (Wildman–Crippen MR) is 87.2 cm³/mol. The first kappa shape index (κ1) is 14.3. The molecule has 1 N–H and O–H groups in total. The fourth-order valence-corrected chi connectivity index (χ4v) is 3.92. The first-order valence-electron chi connectivity index (χ1n) is 6.65. The third kappa shape index (κ3) is 3.34. The van der Waals surface area contributed by atoms with Crippen molar-refractivity contribution in [1.29, 1.82) is 0 Å². The second kappa shape index (κ2) is 6.43. The highest BCUT2D eigenvalue weighted by atomic mass is 32.1. The summed E-state index contributed by atoms with van der Waals surface area (Å²) < 4.78 is 5.35. The van der Waals surface area contributed by atoms with Crippen molar-refractivity contribution in [2.24, 2.45) is 0 Å². The third-order valence-electron chi connectivity index (χ3n) is 3.24. The molecule has 2 aromatic rings. The van der Waals surface area contributed by atoms with E-state index in [2.05, 4.69) is 11.0 Å². The van der Waals surface area contributed by atoms with Crippen LogP contribution >= 0.6 is 22.7 Å². The first-order valence-corrected chi connectivity index (χ1v) is 8.35. The molecule has 1 fully saturated rings. The Morgan fingerprint density at radius 1 is 1.29 bits per heavy atom. The molecule has 0 aromatic carbocycles. The third-order valence-corrected chi connectivity index (χ3v) is 5.24. The summed E-state index contributed by atoms with van der Waals surface area (Å²) in [5.74, 6) is -0.890. The van der Waals surface area contributed by atoms with E-state index in [0.29, 0.717) is 5.57 Å². The van der Waals surface area contributed by atoms with Gasteiger partial charge < -0.3 is 14.7 Å². The van der Waals surface area contributed by atoms with Crippen LogP contribution in [0.4, 0.5) is 5.00 Å². The number of nitrogens with zero attached hydrogens (tertiary/aromatic N) is 1. The van der Waals surface area contributed by atoms with Crippen LogP contribution in [0.5, 0.6) is 0 Å². The average molecular weight is 321 g/mol. The molecular weight excluding hydrogens is 306 g/mol. The molecule has 4 nitrogen and oxygen atoms in total. The minimum Gasteiger partial charge on any atom is -0.478 e. The number of anilines is 1. The summed E-state index contributed by atoms with van der Waals surface area (Å²) in [4.78, 5) is 15.4. The van der Waals surface area contributed by atoms with Crippen LogP contribution in [-0.4, -0.2) is 37.4 Å². The summed E-state index contributed by atoms with van der Waals surface area (Å²) in [5.41, 5.74) is 0.348. The molecule has 110 valence electrons. The molecule has 1 aliphatic rings. The zero-order chi connectivity index (χ0) is 14.7. The Morgan fingerprint density at radius 2 is 2.10 bits per heavy atom. The van der Waals surface area contributed by atoms with Gasteiger partial charge in [-0.3, -0.25) is 0 Å². The number of carboxylic acid groups (broad SMARTS) is 1. The van der Waals surface area contributed by atoms with E-state index in [9.17, 15) is 9.90 Å². The largest absolute Gasteiger partial charge is 0.478 e. The molecule has 0 atom stereocenters. The van der Waals surface area contributed by atoms with Gasteiger partial charge in [-0.05, 0) is 29.7 Å². The molecule has 0 saturated carbocycles. The molecule has 2 aromatic heterocycles. The van der Waals surface area contributed by atoms with E-state index in [1.807, 2.05) is 23.6 Å². The lowest BCUT2D eigenvalue weighted by Crippen LogP contribution is -2.35. The number of morpholine rings is 1. The zero-order valence-electron chi connectivity index (χ0n) is 11.3. The van der Waals surface area contributed by atoms with Crippen LogP contribution < -0.4 is 4.90 Å². The Kier molecular flexibility index (Phi) is 4.38. The molecule has 1 saturated heterocycles. The predicted octanol–water partition coefficient (Wildman–Crippen LogP) is 3.27. The molecule has 0 bridgehead atoms. The normalized spacial score (nSPS) is 16.2. The highest BCUT2D eigenvalue weighted by Gasteiger charge is 2.15. The van der Waals surface area contributed by atoms with Crippen molar-refractivity contribution in [3.8, 4) is 0 Å². The molecule has 1 aliphatic heterocycles. The van der Waals surface area contributed by atoms with Gasteiger partial charge >= 0.3 is 5.97 Å². The molecule has 21 heavy (non-hydrogen) atoms. The first-order chi connectivity index (χ1) is 10.2. The molecule has 6 heteroatoms. The fraction of sp³-hybridized carbons (Fsp3) is 0.267. The van der Waals surface area contributed by atoms with E-state index >= 15 is 0 Å². The van der Waals surface area contributed by atoms with Crippen LogP contribution in [0.3, 0.4) is 0 Å². The number of hydrogen-bond donors (Lipinski definition) is 1. The van der Waals surface area contributed by atoms with E-state index in [1.165, 1.54) is 16.3 Å². The molecule has 0 spiro atoms. The molecule has 0 aliphatic carbocycles. The number of carbonyl (C=O) groups is 1. The van der Waals surface area contributed by atoms with E-state index in [4.69, 9.17) is 4.74 Å². The van der Waals surface area contributed by atoms with Crippen LogP contribution in [-0.2, 0) is 9.53 Å². The van der Waals surface area contributed by atoms with Gasteiger partial charge in [0.15, 0.2) is 0 Å². The Bertz CT molecular complexity index is 640. The molecule has 0 amide bonds. The van der Waals surface area contributed by atoms with E-state index in [-0.39, 0.29) is 0 Å². The fourth-order valence-electron chi connectivity index (χ4n) is 2.19. The Morgan fingerprint density at radius 3 is 2.76 bits per heavy atom. The van der Waals surface area contributed by atoms with Crippen LogP contribution in [0.25, 0.3) is 11.6 Å². The lowest BCUT2D eigenvalue weighted by atomic mass is 10.2. The Balaban J connectivity index is 1.84. The van der Waals surface area contributed by atoms with Crippen molar-refractivity contribution in [3.05, 3.63) is 39.4 Å². The lowest BCUT2D eigenvalue weighted by Gasteiger charge is -2.27. The SMILES string of the molecule is O=C(O)/C(=C\c1ccc(N2CCOCC2)s1)c1cccs1. The standard InChI is InChI=1S/C15H15NO3S2/c17-15(18)12(13-2-1-9-20-13)10-11-3-4-14(21-11)16-5-7-19-8-6-16/h1-4,9-10H,5-8H2,(H,17,18)/b12-10-. The Hall–Kier alpha value is -1.63. The van der Waals surface area contributed by atoms with Gasteiger partial charge in [-0.15, -0.1) is 22.7 Å². The Labute approximate surface area is 130 Å². The number of carboxylic acids is 1. The number of ether oxygens (including phenoxy) is 1. The van der Waals surface area contributed by atoms with Crippen LogP contribution in [0, 0.1) is 0 Å². The minimum atomic E-state index is -0.890. The minimum absolute atomic E-state index is 0.348. The van der Waals surface area contributed by atoms with Crippen molar-refractivity contribution in [1.82, 2.24) is 0 Å². The second-order valence-electron chi connectivity index (χ2n) is 4.62. The van der Waals surface area contributed by atoms with E-state index < -0.39 is 5.97 Å². The summed E-state index contributed by atoms with van der Waals surface area (Å²) in [6, 6.07) is 7.73. The van der Waals surface area contributed by atoms with Gasteiger partial charge in [0.2, 0.25) is 0 Å². The van der Waals surface area contributed by atoms with Crippen molar-refractivity contribution in [3.63, 3.8) is 0 Å². The summed E-state index contributed by atoms with van der Waals surface area (Å²) in [7, 11) is 0. The summed E-state index contributed by atoms with van der Waals surface area (Å²) in [5, 5.41) is 12.4. The maximum Gasteiger partial charge on any atom is 0.337 e. The summed E-state index contributed by atoms with van der Waals surface area (Å²) in [6.45, 7) is 3.28. The van der Waals surface area contributed by atoms with Crippen molar-refractivity contribution in [2.75, 3.05) is 31.2 Å². The van der Waals surface area contributed by atoms with Crippen molar-refractivity contribution < 1.29 is 14.6 Å². The van der Waals surface area contributed by atoms with Gasteiger partial charge in [-0.2, -0.15) is 0 Å². The van der Waals surface area contributed by atoms with Gasteiger partial charge in [0, 0.05) is 22.8 Å². The zero-order valence-corrected chi connectivity index (χ0v) is 13.0. The quantitative estimate of drug-likeness (QED) is 0.878. The highest BCUT2D eigenvalue weighted by Crippen LogP contribution is 2.31. The van der Waals surface area contributed by atoms with Crippen LogP contribution in [0.2, 0.25) is 0 Å². The van der Waals surface area contributed by atoms with Crippen molar-refractivity contribution >= 4 is 45.3 Å². The smallest absolute Gasteiger partial charge is 0.337 e. The van der Waals surface area contributed by atoms with Gasteiger partial charge in [0.05, 0.1) is 23.8 Å². The number of rotatable bonds is 4. The van der Waals surface area contributed by atoms with Gasteiger partial charge in [-0.1, -0.05) is 6.07 Å². The maximum atomic E-state index is 11.4. The van der Waals surface area contributed by atoms with Crippen LogP contribution in [0.15, 0.2) is 29.6 Å². The monoisotopic (exact) mass is 321 g/mol. The topological polar surface area (TPSA) is 49.8 Å².